The molecule has 4 nitrogen and oxygen atoms in total. The van der Waals surface area contributed by atoms with Crippen molar-refractivity contribution in [1.82, 2.24) is 4.90 Å². The maximum Gasteiger partial charge on any atom is 0.236 e. The maximum atomic E-state index is 12.5. The molecule has 0 spiro atoms. The highest BCUT2D eigenvalue weighted by molar-refractivity contribution is 6.06. The molecular weight excluding hydrogens is 240 g/mol. The Morgan fingerprint density at radius 2 is 1.58 bits per heavy atom. The van der Waals surface area contributed by atoms with Crippen molar-refractivity contribution in [2.75, 3.05) is 0 Å². The van der Waals surface area contributed by atoms with Crippen molar-refractivity contribution < 1.29 is 9.59 Å². The number of hydrogen-bond donors (Lipinski definition) is 0. The topological polar surface area (TPSA) is 61.2 Å². The number of nitrogens with zero attached hydrogens (tertiary/aromatic N) is 2. The van der Waals surface area contributed by atoms with E-state index in [9.17, 15) is 14.9 Å². The molecule has 2 rings (SSSR count). The summed E-state index contributed by atoms with van der Waals surface area (Å²) in [4.78, 5) is 26.0. The summed E-state index contributed by atoms with van der Waals surface area (Å²) >= 11 is 0. The molecule has 0 atom stereocenters. The van der Waals surface area contributed by atoms with Gasteiger partial charge in [0.1, 0.15) is 5.54 Å². The number of imide groups is 1. The summed E-state index contributed by atoms with van der Waals surface area (Å²) in [5.41, 5.74) is -1.54. The smallest absolute Gasteiger partial charge is 0.236 e. The van der Waals surface area contributed by atoms with Gasteiger partial charge in [-0.2, -0.15) is 5.26 Å². The average molecular weight is 262 g/mol. The van der Waals surface area contributed by atoms with Gasteiger partial charge in [-0.3, -0.25) is 14.5 Å². The van der Waals surface area contributed by atoms with E-state index in [-0.39, 0.29) is 18.2 Å². The summed E-state index contributed by atoms with van der Waals surface area (Å²) in [7, 11) is 0. The Balaban J connectivity index is 2.32. The van der Waals surface area contributed by atoms with E-state index in [1.54, 1.807) is 13.8 Å². The van der Waals surface area contributed by atoms with Crippen LogP contribution in [-0.2, 0) is 9.59 Å². The number of nitriles is 1. The maximum absolute atomic E-state index is 12.5. The van der Waals surface area contributed by atoms with Crippen LogP contribution in [0.2, 0.25) is 0 Å². The zero-order valence-corrected chi connectivity index (χ0v) is 11.9. The van der Waals surface area contributed by atoms with Crippen molar-refractivity contribution in [2.24, 2.45) is 5.41 Å². The van der Waals surface area contributed by atoms with E-state index in [1.807, 2.05) is 0 Å². The van der Waals surface area contributed by atoms with Gasteiger partial charge in [0.05, 0.1) is 11.5 Å². The lowest BCUT2D eigenvalue weighted by molar-refractivity contribution is -0.146. The first-order valence-corrected chi connectivity index (χ1v) is 7.22. The first-order chi connectivity index (χ1) is 8.93. The number of carbonyl (C=O) groups excluding carboxylic acids is 2. The molecule has 2 fully saturated rings. The van der Waals surface area contributed by atoms with Crippen LogP contribution in [0.15, 0.2) is 0 Å². The Morgan fingerprint density at radius 3 is 2.00 bits per heavy atom. The molecule has 0 aromatic carbocycles. The molecule has 1 saturated heterocycles. The van der Waals surface area contributed by atoms with Gasteiger partial charge in [-0.05, 0) is 12.8 Å². The standard InChI is InChI=1S/C15H22N2O2/c1-14(2)10-12(18)17(13(14)19)15(11-16)8-6-4-3-5-7-9-15/h3-10H2,1-2H3. The summed E-state index contributed by atoms with van der Waals surface area (Å²) in [5, 5.41) is 9.63. The van der Waals surface area contributed by atoms with Crippen molar-refractivity contribution >= 4 is 11.8 Å². The fraction of sp³-hybridized carbons (Fsp3) is 0.800. The highest BCUT2D eigenvalue weighted by atomic mass is 16.2. The van der Waals surface area contributed by atoms with Gasteiger partial charge in [-0.15, -0.1) is 0 Å². The van der Waals surface area contributed by atoms with Crippen molar-refractivity contribution in [2.45, 2.75) is 70.8 Å². The molecule has 4 heteroatoms. The van der Waals surface area contributed by atoms with Gasteiger partial charge in [0.25, 0.3) is 0 Å². The van der Waals surface area contributed by atoms with Gasteiger partial charge < -0.3 is 0 Å². The Labute approximate surface area is 114 Å². The highest BCUT2D eigenvalue weighted by Crippen LogP contribution is 2.40. The molecule has 0 aromatic rings. The first-order valence-electron chi connectivity index (χ1n) is 7.22. The molecule has 1 heterocycles. The number of rotatable bonds is 1. The molecule has 0 aromatic heterocycles. The third-order valence-electron chi connectivity index (χ3n) is 4.44. The molecule has 2 aliphatic rings. The lowest BCUT2D eigenvalue weighted by atomic mass is 9.83. The molecule has 1 saturated carbocycles. The van der Waals surface area contributed by atoms with Gasteiger partial charge in [0, 0.05) is 6.42 Å². The fourth-order valence-corrected chi connectivity index (χ4v) is 3.26. The molecule has 0 unspecified atom stereocenters. The van der Waals surface area contributed by atoms with Crippen molar-refractivity contribution in [3.8, 4) is 6.07 Å². The molecule has 1 aliphatic carbocycles. The van der Waals surface area contributed by atoms with Crippen LogP contribution in [0.25, 0.3) is 0 Å². The van der Waals surface area contributed by atoms with Crippen LogP contribution in [0.1, 0.15) is 65.2 Å². The van der Waals surface area contributed by atoms with Crippen LogP contribution in [0, 0.1) is 16.7 Å². The fourth-order valence-electron chi connectivity index (χ4n) is 3.26. The van der Waals surface area contributed by atoms with Gasteiger partial charge >= 0.3 is 0 Å². The van der Waals surface area contributed by atoms with Gasteiger partial charge in [-0.1, -0.05) is 46.0 Å². The molecule has 0 radical (unpaired) electrons. The lowest BCUT2D eigenvalue weighted by Gasteiger charge is -2.36. The van der Waals surface area contributed by atoms with E-state index in [4.69, 9.17) is 0 Å². The molecule has 104 valence electrons. The minimum atomic E-state index is -0.887. The van der Waals surface area contributed by atoms with Gasteiger partial charge in [0.15, 0.2) is 0 Å². The Hall–Kier alpha value is -1.37. The third-order valence-corrected chi connectivity index (χ3v) is 4.44. The van der Waals surface area contributed by atoms with Crippen molar-refractivity contribution in [3.63, 3.8) is 0 Å². The van der Waals surface area contributed by atoms with Crippen LogP contribution < -0.4 is 0 Å². The van der Waals surface area contributed by atoms with Crippen LogP contribution in [-0.4, -0.2) is 22.3 Å². The Kier molecular flexibility index (Phi) is 3.66. The second-order valence-electron chi connectivity index (χ2n) is 6.51. The van der Waals surface area contributed by atoms with E-state index in [0.717, 1.165) is 25.7 Å². The molecule has 1 aliphatic heterocycles. The first kappa shape index (κ1) is 14.0. The van der Waals surface area contributed by atoms with Crippen molar-refractivity contribution in [1.29, 1.82) is 5.26 Å². The summed E-state index contributed by atoms with van der Waals surface area (Å²) in [6, 6.07) is 2.31. The van der Waals surface area contributed by atoms with Crippen LogP contribution in [0.5, 0.6) is 0 Å². The number of amides is 2. The number of hydrogen-bond acceptors (Lipinski definition) is 3. The highest BCUT2D eigenvalue weighted by Gasteiger charge is 2.53. The van der Waals surface area contributed by atoms with E-state index in [0.29, 0.717) is 12.8 Å². The van der Waals surface area contributed by atoms with E-state index in [1.165, 1.54) is 11.3 Å². The van der Waals surface area contributed by atoms with Gasteiger partial charge in [-0.25, -0.2) is 0 Å². The van der Waals surface area contributed by atoms with Crippen LogP contribution >= 0.6 is 0 Å². The summed E-state index contributed by atoms with van der Waals surface area (Å²) in [5.74, 6) is -0.336. The minimum absolute atomic E-state index is 0.167. The van der Waals surface area contributed by atoms with E-state index < -0.39 is 11.0 Å². The van der Waals surface area contributed by atoms with E-state index in [2.05, 4.69) is 6.07 Å². The Bertz CT molecular complexity index is 426. The molecular formula is C15H22N2O2. The zero-order valence-electron chi connectivity index (χ0n) is 11.9. The number of likely N-dealkylation sites (tertiary alicyclic amines) is 1. The lowest BCUT2D eigenvalue weighted by Crippen LogP contribution is -2.52. The SMILES string of the molecule is CC1(C)CC(=O)N(C2(C#N)CCCCCCC2)C1=O. The largest absolute Gasteiger partial charge is 0.274 e. The summed E-state index contributed by atoms with van der Waals surface area (Å²) in [6.45, 7) is 3.59. The van der Waals surface area contributed by atoms with Crippen LogP contribution in [0.4, 0.5) is 0 Å². The summed E-state index contributed by atoms with van der Waals surface area (Å²) in [6.07, 6.45) is 6.71. The second-order valence-corrected chi connectivity index (χ2v) is 6.51. The zero-order chi connectivity index (χ0) is 14.1. The average Bonchev–Trinajstić information content (AvgIpc) is 2.51. The Morgan fingerprint density at radius 1 is 1.05 bits per heavy atom. The molecule has 19 heavy (non-hydrogen) atoms. The second kappa shape index (κ2) is 4.96. The van der Waals surface area contributed by atoms with Crippen LogP contribution in [0.3, 0.4) is 0 Å². The predicted molar refractivity (Wildman–Crippen MR) is 70.9 cm³/mol. The van der Waals surface area contributed by atoms with Crippen molar-refractivity contribution in [3.05, 3.63) is 0 Å². The summed E-state index contributed by atoms with van der Waals surface area (Å²) < 4.78 is 0. The quantitative estimate of drug-likeness (QED) is 0.683. The van der Waals surface area contributed by atoms with Gasteiger partial charge in [0.2, 0.25) is 11.8 Å². The third kappa shape index (κ3) is 2.39. The predicted octanol–water partition coefficient (Wildman–Crippen LogP) is 2.78. The number of carbonyl (C=O) groups is 2. The monoisotopic (exact) mass is 262 g/mol. The molecule has 0 N–H and O–H groups in total. The molecule has 0 bridgehead atoms. The minimum Gasteiger partial charge on any atom is -0.274 e. The van der Waals surface area contributed by atoms with E-state index >= 15 is 0 Å². The molecule has 2 amide bonds. The normalized spacial score (nSPS) is 26.7.